The summed E-state index contributed by atoms with van der Waals surface area (Å²) in [5, 5.41) is 3.45. The molecule has 1 aliphatic heterocycles. The second-order valence-electron chi connectivity index (χ2n) is 7.66. The first-order valence-electron chi connectivity index (χ1n) is 10.6. The Morgan fingerprint density at radius 3 is 2.46 bits per heavy atom. The van der Waals surface area contributed by atoms with Gasteiger partial charge in [-0.3, -0.25) is 14.9 Å². The van der Waals surface area contributed by atoms with E-state index < -0.39 is 17.8 Å². The smallest absolute Gasteiger partial charge is 0.335 e. The van der Waals surface area contributed by atoms with Crippen LogP contribution < -0.4 is 15.0 Å². The summed E-state index contributed by atoms with van der Waals surface area (Å²) in [5.74, 6) is -1.17. The van der Waals surface area contributed by atoms with Crippen molar-refractivity contribution in [2.45, 2.75) is 20.0 Å². The van der Waals surface area contributed by atoms with Gasteiger partial charge in [-0.25, -0.2) is 9.69 Å². The number of benzene rings is 3. The van der Waals surface area contributed by atoms with Crippen LogP contribution in [-0.2, 0) is 22.6 Å². The molecule has 0 bridgehead atoms. The Balaban J connectivity index is 1.68. The molecule has 0 radical (unpaired) electrons. The third-order valence-electron chi connectivity index (χ3n) is 5.37. The summed E-state index contributed by atoms with van der Waals surface area (Å²) in [7, 11) is 0. The second-order valence-corrected chi connectivity index (χ2v) is 8.91. The van der Waals surface area contributed by atoms with E-state index in [2.05, 4.69) is 5.32 Å². The Bertz CT molecular complexity index is 1370. The Morgan fingerprint density at radius 1 is 0.943 bits per heavy atom. The number of barbiturate groups is 1. The molecule has 0 unspecified atom stereocenters. The molecule has 0 atom stereocenters. The van der Waals surface area contributed by atoms with Crippen LogP contribution in [0.3, 0.4) is 0 Å². The van der Waals surface area contributed by atoms with Crippen LogP contribution in [0.5, 0.6) is 5.75 Å². The van der Waals surface area contributed by atoms with Crippen LogP contribution in [0.25, 0.3) is 6.08 Å². The zero-order valence-corrected chi connectivity index (χ0v) is 20.7. The van der Waals surface area contributed by atoms with Gasteiger partial charge in [0, 0.05) is 10.6 Å². The third kappa shape index (κ3) is 5.35. The number of carbonyl (C=O) groups is 3. The van der Waals surface area contributed by atoms with Crippen molar-refractivity contribution in [3.8, 4) is 5.75 Å². The molecular formula is C26H19Cl3N2O4. The SMILES string of the molecule is CCc1ccccc1N1C(=O)NC(=O)/C(=C/c2cc(Cl)ccc2OCc2ccc(Cl)c(Cl)c2)C1=O. The van der Waals surface area contributed by atoms with Crippen LogP contribution in [0.4, 0.5) is 10.5 Å². The first-order chi connectivity index (χ1) is 16.8. The number of aryl methyl sites for hydroxylation is 1. The highest BCUT2D eigenvalue weighted by atomic mass is 35.5. The highest BCUT2D eigenvalue weighted by molar-refractivity contribution is 6.42. The summed E-state index contributed by atoms with van der Waals surface area (Å²) in [6.45, 7) is 2.07. The first-order valence-corrected chi connectivity index (χ1v) is 11.8. The summed E-state index contributed by atoms with van der Waals surface area (Å²) < 4.78 is 5.93. The molecule has 178 valence electrons. The van der Waals surface area contributed by atoms with Gasteiger partial charge in [0.2, 0.25) is 0 Å². The molecule has 1 aliphatic rings. The molecule has 9 heteroatoms. The van der Waals surface area contributed by atoms with Crippen LogP contribution in [-0.4, -0.2) is 17.8 Å². The van der Waals surface area contributed by atoms with E-state index in [-0.39, 0.29) is 12.2 Å². The monoisotopic (exact) mass is 528 g/mol. The molecule has 4 amide bonds. The average Bonchev–Trinajstić information content (AvgIpc) is 2.83. The maximum atomic E-state index is 13.3. The molecule has 0 aromatic heterocycles. The van der Waals surface area contributed by atoms with Crippen LogP contribution in [0.1, 0.15) is 23.6 Å². The van der Waals surface area contributed by atoms with Crippen LogP contribution in [0, 0.1) is 0 Å². The molecule has 1 fully saturated rings. The molecule has 6 nitrogen and oxygen atoms in total. The van der Waals surface area contributed by atoms with Gasteiger partial charge in [0.05, 0.1) is 15.7 Å². The van der Waals surface area contributed by atoms with Crippen molar-refractivity contribution in [2.24, 2.45) is 0 Å². The molecule has 0 spiro atoms. The number of urea groups is 1. The lowest BCUT2D eigenvalue weighted by atomic mass is 10.0. The highest BCUT2D eigenvalue weighted by Gasteiger charge is 2.37. The number of rotatable bonds is 6. The quantitative estimate of drug-likeness (QED) is 0.294. The number of nitrogens with one attached hydrogen (secondary N) is 1. The van der Waals surface area contributed by atoms with Gasteiger partial charge in [-0.2, -0.15) is 0 Å². The number of anilines is 1. The largest absolute Gasteiger partial charge is 0.488 e. The number of ether oxygens (including phenoxy) is 1. The van der Waals surface area contributed by atoms with E-state index in [1.807, 2.05) is 19.1 Å². The first kappa shape index (κ1) is 24.8. The van der Waals surface area contributed by atoms with Crippen molar-refractivity contribution < 1.29 is 19.1 Å². The summed E-state index contributed by atoms with van der Waals surface area (Å²) in [4.78, 5) is 39.5. The van der Waals surface area contributed by atoms with Crippen molar-refractivity contribution in [1.82, 2.24) is 5.32 Å². The van der Waals surface area contributed by atoms with Crippen molar-refractivity contribution in [1.29, 1.82) is 0 Å². The number of halogens is 3. The molecule has 35 heavy (non-hydrogen) atoms. The van der Waals surface area contributed by atoms with Gasteiger partial charge in [0.25, 0.3) is 11.8 Å². The molecule has 1 heterocycles. The summed E-state index contributed by atoms with van der Waals surface area (Å²) in [6, 6.07) is 16.2. The minimum Gasteiger partial charge on any atom is -0.488 e. The van der Waals surface area contributed by atoms with Gasteiger partial charge in [-0.15, -0.1) is 0 Å². The summed E-state index contributed by atoms with van der Waals surface area (Å²) in [6.07, 6.45) is 1.96. The molecule has 0 saturated carbocycles. The fraction of sp³-hybridized carbons (Fsp3) is 0.115. The van der Waals surface area contributed by atoms with Gasteiger partial charge in [-0.05, 0) is 60.0 Å². The number of amides is 4. The Labute approximate surface area is 217 Å². The summed E-state index contributed by atoms with van der Waals surface area (Å²) in [5.41, 5.74) is 2.15. The minimum atomic E-state index is -0.805. The van der Waals surface area contributed by atoms with Crippen molar-refractivity contribution >= 4 is 64.4 Å². The maximum Gasteiger partial charge on any atom is 0.335 e. The third-order valence-corrected chi connectivity index (χ3v) is 6.34. The van der Waals surface area contributed by atoms with E-state index >= 15 is 0 Å². The van der Waals surface area contributed by atoms with Crippen molar-refractivity contribution in [2.75, 3.05) is 4.90 Å². The van der Waals surface area contributed by atoms with Gasteiger partial charge in [0.15, 0.2) is 0 Å². The number of carbonyl (C=O) groups excluding carboxylic acids is 3. The summed E-state index contributed by atoms with van der Waals surface area (Å²) >= 11 is 18.2. The molecule has 3 aromatic rings. The van der Waals surface area contributed by atoms with Crippen LogP contribution in [0.15, 0.2) is 66.2 Å². The number of nitrogens with zero attached hydrogens (tertiary/aromatic N) is 1. The molecule has 0 aliphatic carbocycles. The van der Waals surface area contributed by atoms with Gasteiger partial charge in [0.1, 0.15) is 17.9 Å². The fourth-order valence-corrected chi connectivity index (χ4v) is 4.11. The Hall–Kier alpha value is -3.32. The Morgan fingerprint density at radius 2 is 1.71 bits per heavy atom. The van der Waals surface area contributed by atoms with Gasteiger partial charge < -0.3 is 4.74 Å². The predicted octanol–water partition coefficient (Wildman–Crippen LogP) is 6.45. The van der Waals surface area contributed by atoms with Gasteiger partial charge in [-0.1, -0.05) is 66.0 Å². The topological polar surface area (TPSA) is 75.7 Å². The lowest BCUT2D eigenvalue weighted by Crippen LogP contribution is -2.54. The van der Waals surface area contributed by atoms with E-state index in [0.29, 0.717) is 38.5 Å². The Kier molecular flexibility index (Phi) is 7.45. The predicted molar refractivity (Wildman–Crippen MR) is 137 cm³/mol. The average molecular weight is 530 g/mol. The van der Waals surface area contributed by atoms with Crippen molar-refractivity contribution in [3.63, 3.8) is 0 Å². The fourth-order valence-electron chi connectivity index (χ4n) is 3.61. The number of hydrogen-bond acceptors (Lipinski definition) is 4. The zero-order valence-electron chi connectivity index (χ0n) is 18.5. The number of hydrogen-bond donors (Lipinski definition) is 1. The molecular weight excluding hydrogens is 511 g/mol. The van der Waals surface area contributed by atoms with Crippen molar-refractivity contribution in [3.05, 3.63) is 98.0 Å². The molecule has 1 N–H and O–H groups in total. The maximum absolute atomic E-state index is 13.3. The molecule has 1 saturated heterocycles. The zero-order chi connectivity index (χ0) is 25.1. The number of imide groups is 2. The van der Waals surface area contributed by atoms with E-state index in [1.54, 1.807) is 48.5 Å². The molecule has 3 aromatic carbocycles. The highest BCUT2D eigenvalue weighted by Crippen LogP contribution is 2.30. The standard InChI is InChI=1S/C26H19Cl3N2O4/c1-2-16-5-3-4-6-22(16)31-25(33)19(24(32)30-26(31)34)13-17-12-18(27)8-10-23(17)35-14-15-7-9-20(28)21(29)11-15/h3-13H,2,14H2,1H3,(H,30,32,34)/b19-13-. The molecule has 4 rings (SSSR count). The lowest BCUT2D eigenvalue weighted by molar-refractivity contribution is -0.122. The van der Waals surface area contributed by atoms with Crippen LogP contribution >= 0.6 is 34.8 Å². The van der Waals surface area contributed by atoms with Crippen LogP contribution in [0.2, 0.25) is 15.1 Å². The van der Waals surface area contributed by atoms with E-state index in [9.17, 15) is 14.4 Å². The minimum absolute atomic E-state index is 0.156. The van der Waals surface area contributed by atoms with E-state index in [1.165, 1.54) is 6.08 Å². The number of para-hydroxylation sites is 1. The van der Waals surface area contributed by atoms with E-state index in [0.717, 1.165) is 16.0 Å². The normalized spacial score (nSPS) is 14.9. The second kappa shape index (κ2) is 10.5. The lowest BCUT2D eigenvalue weighted by Gasteiger charge is -2.28. The van der Waals surface area contributed by atoms with E-state index in [4.69, 9.17) is 39.5 Å². The van der Waals surface area contributed by atoms with Gasteiger partial charge >= 0.3 is 6.03 Å².